The zero-order valence-electron chi connectivity index (χ0n) is 18.7. The number of nitrogens with zero attached hydrogens (tertiary/aromatic N) is 1. The molecule has 174 valence electrons. The van der Waals surface area contributed by atoms with E-state index in [2.05, 4.69) is 82.4 Å². The van der Waals surface area contributed by atoms with Gasteiger partial charge in [0.15, 0.2) is 14.7 Å². The molecule has 0 saturated carbocycles. The number of hydrogen-bond acceptors (Lipinski definition) is 4. The van der Waals surface area contributed by atoms with Crippen molar-refractivity contribution >= 4 is 20.9 Å². The minimum Gasteiger partial charge on any atom is -0.379 e. The van der Waals surface area contributed by atoms with E-state index in [0.717, 1.165) is 18.7 Å². The van der Waals surface area contributed by atoms with Crippen LogP contribution in [-0.2, 0) is 32.1 Å². The van der Waals surface area contributed by atoms with Gasteiger partial charge in [-0.25, -0.2) is 13.1 Å². The molecular weight excluding hydrogens is 452 g/mol. The van der Waals surface area contributed by atoms with E-state index >= 15 is 0 Å². The molecule has 0 amide bonds. The maximum Gasteiger partial charge on any atom is 0.212 e. The van der Waals surface area contributed by atoms with Crippen LogP contribution in [0.4, 0.5) is 0 Å². The van der Waals surface area contributed by atoms with E-state index in [-0.39, 0.29) is 16.6 Å². The molecule has 3 aromatic carbocycles. The predicted molar refractivity (Wildman–Crippen MR) is 134 cm³/mol. The molecule has 1 N–H and O–H groups in total. The molecule has 7 heteroatoms. The van der Waals surface area contributed by atoms with Crippen LogP contribution in [0.5, 0.6) is 0 Å². The number of morpholine rings is 1. The molecule has 5 nitrogen and oxygen atoms in total. The highest BCUT2D eigenvalue weighted by molar-refractivity contribution is 7.97. The van der Waals surface area contributed by atoms with Gasteiger partial charge in [0.2, 0.25) is 10.0 Å². The topological polar surface area (TPSA) is 58.6 Å². The monoisotopic (exact) mass is 483 g/mol. The minimum atomic E-state index is -3.28. The summed E-state index contributed by atoms with van der Waals surface area (Å²) in [5.41, 5.74) is 1.12. The van der Waals surface area contributed by atoms with Gasteiger partial charge in [-0.3, -0.25) is 4.90 Å². The van der Waals surface area contributed by atoms with Gasteiger partial charge < -0.3 is 4.74 Å². The molecule has 4 rings (SSSR count). The minimum absolute atomic E-state index is 0.128. The maximum absolute atomic E-state index is 12.4. The first-order valence-corrected chi connectivity index (χ1v) is 14.2. The SMILES string of the molecule is O=S(=O)(CCN1CCOCC1)NCCc1ccc([S+](c2ccccc2)c2ccccc2)cc1. The van der Waals surface area contributed by atoms with Gasteiger partial charge in [0, 0.05) is 26.2 Å². The van der Waals surface area contributed by atoms with Crippen LogP contribution in [0.25, 0.3) is 0 Å². The van der Waals surface area contributed by atoms with Crippen LogP contribution in [0.2, 0.25) is 0 Å². The molecule has 1 heterocycles. The van der Waals surface area contributed by atoms with Crippen molar-refractivity contribution in [2.75, 3.05) is 45.1 Å². The second kappa shape index (κ2) is 11.8. The number of sulfonamides is 1. The Hall–Kier alpha value is -2.16. The van der Waals surface area contributed by atoms with Gasteiger partial charge in [0.1, 0.15) is 0 Å². The van der Waals surface area contributed by atoms with Crippen LogP contribution in [0.15, 0.2) is 99.6 Å². The molecule has 1 saturated heterocycles. The third-order valence-electron chi connectivity index (χ3n) is 5.63. The van der Waals surface area contributed by atoms with Crippen LogP contribution >= 0.6 is 0 Å². The van der Waals surface area contributed by atoms with Gasteiger partial charge in [-0.1, -0.05) is 48.5 Å². The van der Waals surface area contributed by atoms with E-state index in [1.807, 2.05) is 12.1 Å². The molecule has 1 fully saturated rings. The molecule has 0 atom stereocenters. The van der Waals surface area contributed by atoms with Crippen molar-refractivity contribution in [1.29, 1.82) is 0 Å². The smallest absolute Gasteiger partial charge is 0.212 e. The first kappa shape index (κ1) is 24.0. The summed E-state index contributed by atoms with van der Waals surface area (Å²) in [4.78, 5) is 5.95. The zero-order chi connectivity index (χ0) is 22.9. The van der Waals surface area contributed by atoms with Gasteiger partial charge in [0.25, 0.3) is 0 Å². The Labute approximate surface area is 200 Å². The Morgan fingerprint density at radius 1 is 0.788 bits per heavy atom. The molecule has 1 aliphatic heterocycles. The van der Waals surface area contributed by atoms with Gasteiger partial charge in [-0.2, -0.15) is 0 Å². The van der Waals surface area contributed by atoms with Crippen molar-refractivity contribution in [3.8, 4) is 0 Å². The predicted octanol–water partition coefficient (Wildman–Crippen LogP) is 3.58. The Kier molecular flexibility index (Phi) is 8.58. The average Bonchev–Trinajstić information content (AvgIpc) is 2.86. The van der Waals surface area contributed by atoms with Gasteiger partial charge >= 0.3 is 0 Å². The fraction of sp³-hybridized carbons (Fsp3) is 0.308. The van der Waals surface area contributed by atoms with Crippen molar-refractivity contribution in [2.45, 2.75) is 21.1 Å². The lowest BCUT2D eigenvalue weighted by atomic mass is 10.2. The third kappa shape index (κ3) is 7.16. The maximum atomic E-state index is 12.4. The van der Waals surface area contributed by atoms with Crippen molar-refractivity contribution in [1.82, 2.24) is 9.62 Å². The fourth-order valence-corrected chi connectivity index (χ4v) is 6.95. The normalized spacial score (nSPS) is 15.1. The van der Waals surface area contributed by atoms with E-state index < -0.39 is 10.0 Å². The van der Waals surface area contributed by atoms with Crippen molar-refractivity contribution < 1.29 is 13.2 Å². The molecule has 33 heavy (non-hydrogen) atoms. The van der Waals surface area contributed by atoms with Crippen LogP contribution in [0.1, 0.15) is 5.56 Å². The lowest BCUT2D eigenvalue weighted by Crippen LogP contribution is -2.41. The molecule has 0 aliphatic carbocycles. The largest absolute Gasteiger partial charge is 0.379 e. The average molecular weight is 484 g/mol. The quantitative estimate of drug-likeness (QED) is 0.448. The van der Waals surface area contributed by atoms with Gasteiger partial charge in [-0.05, 0) is 48.4 Å². The Morgan fingerprint density at radius 3 is 1.91 bits per heavy atom. The number of hydrogen-bond donors (Lipinski definition) is 1. The molecule has 0 spiro atoms. The second-order valence-corrected chi connectivity index (χ2v) is 11.9. The van der Waals surface area contributed by atoms with Crippen molar-refractivity contribution in [2.24, 2.45) is 0 Å². The molecule has 0 aromatic heterocycles. The summed E-state index contributed by atoms with van der Waals surface area (Å²) in [6.07, 6.45) is 0.668. The second-order valence-electron chi connectivity index (χ2n) is 7.99. The summed E-state index contributed by atoms with van der Waals surface area (Å²) in [7, 11) is -3.45. The van der Waals surface area contributed by atoms with Crippen LogP contribution in [0.3, 0.4) is 0 Å². The highest BCUT2D eigenvalue weighted by Crippen LogP contribution is 2.31. The number of rotatable bonds is 10. The van der Waals surface area contributed by atoms with Crippen LogP contribution in [0, 0.1) is 0 Å². The van der Waals surface area contributed by atoms with Crippen LogP contribution in [-0.4, -0.2) is 58.5 Å². The van der Waals surface area contributed by atoms with Gasteiger partial charge in [0.05, 0.1) is 29.9 Å². The highest BCUT2D eigenvalue weighted by atomic mass is 32.2. The number of ether oxygens (including phenoxy) is 1. The summed E-state index contributed by atoms with van der Waals surface area (Å²) in [6.45, 7) is 3.92. The summed E-state index contributed by atoms with van der Waals surface area (Å²) in [6, 6.07) is 29.7. The summed E-state index contributed by atoms with van der Waals surface area (Å²) in [5.74, 6) is 0.128. The molecule has 1 aliphatic rings. The molecular formula is C26H31N2O3S2+. The first-order valence-electron chi connectivity index (χ1n) is 11.3. The van der Waals surface area contributed by atoms with Gasteiger partial charge in [-0.15, -0.1) is 0 Å². The molecule has 0 radical (unpaired) electrons. The molecule has 0 unspecified atom stereocenters. The lowest BCUT2D eigenvalue weighted by molar-refractivity contribution is 0.0408. The molecule has 3 aromatic rings. The Morgan fingerprint density at radius 2 is 1.33 bits per heavy atom. The van der Waals surface area contributed by atoms with E-state index in [1.165, 1.54) is 14.7 Å². The summed E-state index contributed by atoms with van der Waals surface area (Å²) in [5, 5.41) is 0. The van der Waals surface area contributed by atoms with E-state index in [4.69, 9.17) is 4.74 Å². The molecule has 0 bridgehead atoms. The fourth-order valence-electron chi connectivity index (χ4n) is 3.81. The van der Waals surface area contributed by atoms with E-state index in [9.17, 15) is 8.42 Å². The summed E-state index contributed by atoms with van der Waals surface area (Å²) < 4.78 is 32.8. The van der Waals surface area contributed by atoms with Crippen molar-refractivity contribution in [3.63, 3.8) is 0 Å². The highest BCUT2D eigenvalue weighted by Gasteiger charge is 2.28. The van der Waals surface area contributed by atoms with E-state index in [0.29, 0.717) is 32.7 Å². The lowest BCUT2D eigenvalue weighted by Gasteiger charge is -2.26. The Balaban J connectivity index is 1.35. The third-order valence-corrected chi connectivity index (χ3v) is 9.23. The standard InChI is InChI=1S/C26H31N2O3S2/c29-33(30,22-19-28-17-20-31-21-18-28)27-16-15-23-11-13-26(14-12-23)32(24-7-3-1-4-8-24)25-9-5-2-6-10-25/h1-14,27H,15-22H2/q+1. The van der Waals surface area contributed by atoms with E-state index in [1.54, 1.807) is 0 Å². The van der Waals surface area contributed by atoms with Crippen molar-refractivity contribution in [3.05, 3.63) is 90.5 Å². The number of benzene rings is 3. The summed E-state index contributed by atoms with van der Waals surface area (Å²) >= 11 is 0. The zero-order valence-corrected chi connectivity index (χ0v) is 20.4. The van der Waals surface area contributed by atoms with Crippen LogP contribution < -0.4 is 4.72 Å². The Bertz CT molecular complexity index is 1050. The number of nitrogens with one attached hydrogen (secondary N) is 1. The first-order chi connectivity index (χ1) is 16.1.